The lowest BCUT2D eigenvalue weighted by Gasteiger charge is -2.45. The Morgan fingerprint density at radius 2 is 2.14 bits per heavy atom. The molecule has 1 aromatic rings. The summed E-state index contributed by atoms with van der Waals surface area (Å²) in [4.78, 5) is 0. The summed E-state index contributed by atoms with van der Waals surface area (Å²) >= 11 is 0. The van der Waals surface area contributed by atoms with Crippen molar-refractivity contribution in [3.63, 3.8) is 0 Å². The first-order valence-electron chi connectivity index (χ1n) is 5.17. The van der Waals surface area contributed by atoms with Gasteiger partial charge in [0.05, 0.1) is 12.7 Å². The van der Waals surface area contributed by atoms with E-state index in [1.54, 1.807) is 0 Å². The molecule has 76 valence electrons. The first-order chi connectivity index (χ1) is 6.77. The molecule has 2 heteroatoms. The lowest BCUT2D eigenvalue weighted by Crippen LogP contribution is -2.55. The van der Waals surface area contributed by atoms with Gasteiger partial charge in [-0.3, -0.25) is 0 Å². The number of aliphatic hydroxyl groups is 1. The van der Waals surface area contributed by atoms with Crippen LogP contribution in [0.1, 0.15) is 25.3 Å². The molecule has 0 saturated carbocycles. The average Bonchev–Trinajstić information content (AvgIpc) is 2.24. The third-order valence-electron chi connectivity index (χ3n) is 2.86. The maximum absolute atomic E-state index is 10.3. The Hall–Kier alpha value is -0.860. The van der Waals surface area contributed by atoms with E-state index in [0.29, 0.717) is 6.61 Å². The van der Waals surface area contributed by atoms with Crippen molar-refractivity contribution in [2.75, 3.05) is 6.61 Å². The summed E-state index contributed by atoms with van der Waals surface area (Å²) in [6, 6.07) is 9.79. The van der Waals surface area contributed by atoms with Gasteiger partial charge in [0.25, 0.3) is 0 Å². The van der Waals surface area contributed by atoms with Crippen molar-refractivity contribution in [2.45, 2.75) is 31.5 Å². The summed E-state index contributed by atoms with van der Waals surface area (Å²) in [6.45, 7) is 2.54. The van der Waals surface area contributed by atoms with Gasteiger partial charge < -0.3 is 9.84 Å². The highest BCUT2D eigenvalue weighted by Crippen LogP contribution is 2.37. The lowest BCUT2D eigenvalue weighted by molar-refractivity contribution is -0.246. The largest absolute Gasteiger partial charge is 0.380 e. The summed E-state index contributed by atoms with van der Waals surface area (Å²) in [6.07, 6.45) is 1.94. The molecule has 1 aliphatic heterocycles. The fraction of sp³-hybridized carbons (Fsp3) is 0.500. The monoisotopic (exact) mass is 192 g/mol. The minimum Gasteiger partial charge on any atom is -0.380 e. The predicted octanol–water partition coefficient (Wildman–Crippen LogP) is 2.07. The number of hydrogen-bond acceptors (Lipinski definition) is 2. The second-order valence-electron chi connectivity index (χ2n) is 3.88. The molecule has 0 aromatic heterocycles. The number of ether oxygens (including phenoxy) is 1. The van der Waals surface area contributed by atoms with Crippen molar-refractivity contribution in [1.29, 1.82) is 0 Å². The minimum absolute atomic E-state index is 0.0186. The third-order valence-corrected chi connectivity index (χ3v) is 2.86. The maximum Gasteiger partial charge on any atom is 0.139 e. The fourth-order valence-corrected chi connectivity index (χ4v) is 1.94. The molecule has 0 bridgehead atoms. The molecule has 1 fully saturated rings. The summed E-state index contributed by atoms with van der Waals surface area (Å²) < 4.78 is 5.39. The molecule has 1 heterocycles. The van der Waals surface area contributed by atoms with Crippen molar-refractivity contribution in [2.24, 2.45) is 0 Å². The van der Waals surface area contributed by atoms with Gasteiger partial charge in [0.15, 0.2) is 0 Å². The zero-order valence-electron chi connectivity index (χ0n) is 8.44. The van der Waals surface area contributed by atoms with Crippen LogP contribution in [-0.2, 0) is 10.3 Å². The topological polar surface area (TPSA) is 29.5 Å². The van der Waals surface area contributed by atoms with Crippen molar-refractivity contribution >= 4 is 0 Å². The Morgan fingerprint density at radius 3 is 2.64 bits per heavy atom. The average molecular weight is 192 g/mol. The van der Waals surface area contributed by atoms with Gasteiger partial charge in [0, 0.05) is 0 Å². The van der Waals surface area contributed by atoms with E-state index in [-0.39, 0.29) is 6.10 Å². The van der Waals surface area contributed by atoms with Crippen molar-refractivity contribution in [3.8, 4) is 0 Å². The molecule has 1 aromatic carbocycles. The van der Waals surface area contributed by atoms with Gasteiger partial charge in [-0.05, 0) is 12.0 Å². The smallest absolute Gasteiger partial charge is 0.139 e. The maximum atomic E-state index is 10.3. The molecular weight excluding hydrogens is 176 g/mol. The van der Waals surface area contributed by atoms with Crippen LogP contribution in [0.25, 0.3) is 0 Å². The van der Waals surface area contributed by atoms with Gasteiger partial charge in [-0.15, -0.1) is 0 Å². The van der Waals surface area contributed by atoms with E-state index < -0.39 is 5.60 Å². The Labute approximate surface area is 84.5 Å². The SMILES string of the molecule is CCCC1OCC1(O)c1ccccc1. The molecule has 1 saturated heterocycles. The highest BCUT2D eigenvalue weighted by Gasteiger charge is 2.47. The van der Waals surface area contributed by atoms with E-state index >= 15 is 0 Å². The summed E-state index contributed by atoms with van der Waals surface area (Å²) in [5.41, 5.74) is 0.238. The van der Waals surface area contributed by atoms with Crippen LogP contribution >= 0.6 is 0 Å². The van der Waals surface area contributed by atoms with Crippen LogP contribution in [0.4, 0.5) is 0 Å². The highest BCUT2D eigenvalue weighted by molar-refractivity contribution is 5.26. The normalized spacial score (nSPS) is 31.1. The van der Waals surface area contributed by atoms with E-state index in [1.165, 1.54) is 0 Å². The molecule has 2 atom stereocenters. The van der Waals surface area contributed by atoms with Gasteiger partial charge in [-0.1, -0.05) is 43.7 Å². The van der Waals surface area contributed by atoms with Crippen molar-refractivity contribution in [3.05, 3.63) is 35.9 Å². The van der Waals surface area contributed by atoms with Gasteiger partial charge in [-0.25, -0.2) is 0 Å². The van der Waals surface area contributed by atoms with Crippen LogP contribution in [0, 0.1) is 0 Å². The lowest BCUT2D eigenvalue weighted by atomic mass is 9.82. The Balaban J connectivity index is 2.17. The minimum atomic E-state index is -0.739. The van der Waals surface area contributed by atoms with Gasteiger partial charge >= 0.3 is 0 Å². The van der Waals surface area contributed by atoms with Crippen LogP contribution in [0.2, 0.25) is 0 Å². The summed E-state index contributed by atoms with van der Waals surface area (Å²) in [7, 11) is 0. The van der Waals surface area contributed by atoms with E-state index in [2.05, 4.69) is 6.92 Å². The molecule has 2 nitrogen and oxygen atoms in total. The summed E-state index contributed by atoms with van der Waals surface area (Å²) in [5, 5.41) is 10.3. The van der Waals surface area contributed by atoms with Crippen LogP contribution in [0.5, 0.6) is 0 Å². The van der Waals surface area contributed by atoms with Gasteiger partial charge in [0.2, 0.25) is 0 Å². The number of benzene rings is 1. The number of hydrogen-bond donors (Lipinski definition) is 1. The first-order valence-corrected chi connectivity index (χ1v) is 5.17. The second-order valence-corrected chi connectivity index (χ2v) is 3.88. The van der Waals surface area contributed by atoms with Crippen LogP contribution in [0.3, 0.4) is 0 Å². The fourth-order valence-electron chi connectivity index (χ4n) is 1.94. The van der Waals surface area contributed by atoms with E-state index in [1.807, 2.05) is 30.3 Å². The molecular formula is C12H16O2. The first kappa shape index (κ1) is 9.69. The number of rotatable bonds is 3. The predicted molar refractivity (Wildman–Crippen MR) is 55.0 cm³/mol. The molecule has 0 spiro atoms. The molecule has 1 aliphatic rings. The van der Waals surface area contributed by atoms with Crippen LogP contribution in [0.15, 0.2) is 30.3 Å². The molecule has 2 unspecified atom stereocenters. The molecule has 2 rings (SSSR count). The van der Waals surface area contributed by atoms with Crippen molar-refractivity contribution < 1.29 is 9.84 Å². The van der Waals surface area contributed by atoms with E-state index in [0.717, 1.165) is 18.4 Å². The Bertz CT molecular complexity index is 296. The Kier molecular flexibility index (Phi) is 2.57. The molecule has 0 aliphatic carbocycles. The second kappa shape index (κ2) is 3.71. The van der Waals surface area contributed by atoms with E-state index in [4.69, 9.17) is 4.74 Å². The zero-order valence-corrected chi connectivity index (χ0v) is 8.44. The van der Waals surface area contributed by atoms with E-state index in [9.17, 15) is 5.11 Å². The van der Waals surface area contributed by atoms with Gasteiger partial charge in [0.1, 0.15) is 5.60 Å². The standard InChI is InChI=1S/C12H16O2/c1-2-6-11-12(13,9-14-11)10-7-4-3-5-8-10/h3-5,7-8,11,13H,2,6,9H2,1H3. The third kappa shape index (κ3) is 1.45. The molecule has 1 N–H and O–H groups in total. The summed E-state index contributed by atoms with van der Waals surface area (Å²) in [5.74, 6) is 0. The van der Waals surface area contributed by atoms with Gasteiger partial charge in [-0.2, -0.15) is 0 Å². The van der Waals surface area contributed by atoms with Crippen LogP contribution in [-0.4, -0.2) is 17.8 Å². The highest BCUT2D eigenvalue weighted by atomic mass is 16.6. The van der Waals surface area contributed by atoms with Crippen LogP contribution < -0.4 is 0 Å². The molecule has 0 radical (unpaired) electrons. The zero-order chi connectivity index (χ0) is 10.0. The molecule has 14 heavy (non-hydrogen) atoms. The Morgan fingerprint density at radius 1 is 1.43 bits per heavy atom. The molecule has 0 amide bonds. The quantitative estimate of drug-likeness (QED) is 0.794. The van der Waals surface area contributed by atoms with Crippen molar-refractivity contribution in [1.82, 2.24) is 0 Å².